The first kappa shape index (κ1) is 13.3. The van der Waals surface area contributed by atoms with Gasteiger partial charge >= 0.3 is 5.97 Å². The van der Waals surface area contributed by atoms with Gasteiger partial charge in [-0.05, 0) is 18.2 Å². The second-order valence-corrected chi connectivity index (χ2v) is 4.25. The largest absolute Gasteiger partial charge is 0.480 e. The Balaban J connectivity index is 3.13. The molecule has 0 aliphatic carbocycles. The Morgan fingerprint density at radius 2 is 2.35 bits per heavy atom. The Morgan fingerprint density at radius 3 is 2.88 bits per heavy atom. The summed E-state index contributed by atoms with van der Waals surface area (Å²) in [5.41, 5.74) is 1.03. The molecule has 1 N–H and O–H groups in total. The lowest BCUT2D eigenvalue weighted by Crippen LogP contribution is -2.30. The molecule has 0 unspecified atom stereocenters. The summed E-state index contributed by atoms with van der Waals surface area (Å²) >= 11 is 3.27. The van der Waals surface area contributed by atoms with Crippen LogP contribution in [-0.2, 0) is 4.79 Å². The highest BCUT2D eigenvalue weighted by Crippen LogP contribution is 2.23. The maximum Gasteiger partial charge on any atom is 0.323 e. The molecular weight excluding hydrogens is 284 g/mol. The number of nitrogens with zero attached hydrogens (tertiary/aromatic N) is 2. The van der Waals surface area contributed by atoms with Gasteiger partial charge in [-0.1, -0.05) is 22.0 Å². The fraction of sp³-hybridized carbons (Fsp3) is 0.167. The summed E-state index contributed by atoms with van der Waals surface area (Å²) < 4.78 is 0.784. The zero-order valence-electron chi connectivity index (χ0n) is 9.06. The van der Waals surface area contributed by atoms with E-state index in [0.29, 0.717) is 17.8 Å². The Labute approximate surface area is 108 Å². The van der Waals surface area contributed by atoms with Crippen molar-refractivity contribution >= 4 is 27.6 Å². The second-order valence-electron chi connectivity index (χ2n) is 3.34. The molecule has 0 aliphatic heterocycles. The van der Waals surface area contributed by atoms with Gasteiger partial charge in [-0.15, -0.1) is 6.58 Å². The number of carboxylic acids is 1. The van der Waals surface area contributed by atoms with Crippen molar-refractivity contribution in [2.45, 2.75) is 0 Å². The highest BCUT2D eigenvalue weighted by Gasteiger charge is 2.13. The molecule has 1 rings (SSSR count). The molecule has 17 heavy (non-hydrogen) atoms. The molecule has 1 aromatic carbocycles. The number of halogens is 1. The summed E-state index contributed by atoms with van der Waals surface area (Å²) in [6.07, 6.45) is 1.60. The van der Waals surface area contributed by atoms with Crippen molar-refractivity contribution in [3.05, 3.63) is 40.9 Å². The summed E-state index contributed by atoms with van der Waals surface area (Å²) in [4.78, 5) is 12.3. The first-order chi connectivity index (χ1) is 8.08. The van der Waals surface area contributed by atoms with Crippen LogP contribution >= 0.6 is 15.9 Å². The minimum absolute atomic E-state index is 0.164. The van der Waals surface area contributed by atoms with Crippen LogP contribution in [0.4, 0.5) is 5.69 Å². The van der Waals surface area contributed by atoms with Crippen LogP contribution < -0.4 is 4.90 Å². The molecule has 5 heteroatoms. The summed E-state index contributed by atoms with van der Waals surface area (Å²) in [5.74, 6) is -0.946. The van der Waals surface area contributed by atoms with E-state index in [9.17, 15) is 4.79 Å². The zero-order valence-corrected chi connectivity index (χ0v) is 10.6. The molecule has 0 heterocycles. The van der Waals surface area contributed by atoms with Crippen LogP contribution in [0.15, 0.2) is 35.3 Å². The van der Waals surface area contributed by atoms with Crippen LogP contribution in [0.25, 0.3) is 0 Å². The van der Waals surface area contributed by atoms with Crippen LogP contribution in [0.5, 0.6) is 0 Å². The number of hydrogen-bond acceptors (Lipinski definition) is 3. The van der Waals surface area contributed by atoms with E-state index in [1.807, 2.05) is 6.07 Å². The first-order valence-corrected chi connectivity index (χ1v) is 5.65. The van der Waals surface area contributed by atoms with E-state index in [0.717, 1.165) is 4.47 Å². The number of anilines is 1. The third kappa shape index (κ3) is 3.61. The summed E-state index contributed by atoms with van der Waals surface area (Å²) in [6, 6.07) is 7.20. The molecule has 0 saturated heterocycles. The fourth-order valence-electron chi connectivity index (χ4n) is 1.44. The van der Waals surface area contributed by atoms with E-state index in [1.165, 1.54) is 0 Å². The van der Waals surface area contributed by atoms with Crippen LogP contribution in [0.3, 0.4) is 0 Å². The summed E-state index contributed by atoms with van der Waals surface area (Å²) in [7, 11) is 0. The predicted molar refractivity (Wildman–Crippen MR) is 68.9 cm³/mol. The van der Waals surface area contributed by atoms with Crippen LogP contribution in [-0.4, -0.2) is 24.2 Å². The normalized spacial score (nSPS) is 9.41. The molecule has 1 aromatic rings. The van der Waals surface area contributed by atoms with E-state index in [1.54, 1.807) is 29.2 Å². The van der Waals surface area contributed by atoms with Crippen LogP contribution in [0.2, 0.25) is 0 Å². The molecule has 0 bridgehead atoms. The molecule has 4 nitrogen and oxygen atoms in total. The predicted octanol–water partition coefficient (Wildman–Crippen LogP) is 2.40. The number of aliphatic carboxylic acids is 1. The molecule has 0 fully saturated rings. The van der Waals surface area contributed by atoms with Gasteiger partial charge < -0.3 is 10.0 Å². The number of hydrogen-bond donors (Lipinski definition) is 1. The smallest absolute Gasteiger partial charge is 0.323 e. The van der Waals surface area contributed by atoms with E-state index >= 15 is 0 Å². The van der Waals surface area contributed by atoms with Crippen molar-refractivity contribution in [2.75, 3.05) is 18.0 Å². The average molecular weight is 295 g/mol. The third-order valence-corrected chi connectivity index (χ3v) is 2.59. The maximum absolute atomic E-state index is 10.8. The van der Waals surface area contributed by atoms with Crippen LogP contribution in [0, 0.1) is 11.3 Å². The summed E-state index contributed by atoms with van der Waals surface area (Å²) in [5, 5.41) is 17.8. The van der Waals surface area contributed by atoms with E-state index in [4.69, 9.17) is 10.4 Å². The van der Waals surface area contributed by atoms with Gasteiger partial charge in [0, 0.05) is 11.0 Å². The van der Waals surface area contributed by atoms with Gasteiger partial charge in [0.15, 0.2) is 0 Å². The topological polar surface area (TPSA) is 64.3 Å². The number of benzene rings is 1. The Bertz CT molecular complexity index is 480. The van der Waals surface area contributed by atoms with Gasteiger partial charge in [0.25, 0.3) is 0 Å². The molecule has 0 aromatic heterocycles. The number of carbonyl (C=O) groups is 1. The minimum Gasteiger partial charge on any atom is -0.480 e. The Hall–Kier alpha value is -1.80. The van der Waals surface area contributed by atoms with Gasteiger partial charge in [-0.25, -0.2) is 0 Å². The minimum atomic E-state index is -0.946. The standard InChI is InChI=1S/C12H11BrN2O2/c1-2-5-15(8-12(16)17)11-4-3-10(13)6-9(11)7-14/h2-4,6H,1,5,8H2,(H,16,17). The van der Waals surface area contributed by atoms with Crippen molar-refractivity contribution in [1.29, 1.82) is 5.26 Å². The quantitative estimate of drug-likeness (QED) is 0.847. The van der Waals surface area contributed by atoms with Crippen molar-refractivity contribution in [1.82, 2.24) is 0 Å². The maximum atomic E-state index is 10.8. The van der Waals surface area contributed by atoms with Gasteiger partial charge in [-0.3, -0.25) is 4.79 Å². The molecule has 0 amide bonds. The van der Waals surface area contributed by atoms with Gasteiger partial charge in [0.1, 0.15) is 12.6 Å². The Kier molecular flexibility index (Phi) is 4.73. The number of rotatable bonds is 5. The fourth-order valence-corrected chi connectivity index (χ4v) is 1.80. The van der Waals surface area contributed by atoms with Crippen molar-refractivity contribution in [3.8, 4) is 6.07 Å². The second kappa shape index (κ2) is 6.06. The summed E-state index contributed by atoms with van der Waals surface area (Å²) in [6.45, 7) is 3.79. The Morgan fingerprint density at radius 1 is 1.65 bits per heavy atom. The first-order valence-electron chi connectivity index (χ1n) is 4.85. The van der Waals surface area contributed by atoms with Gasteiger partial charge in [0.05, 0.1) is 11.3 Å². The average Bonchev–Trinajstić information content (AvgIpc) is 2.27. The highest BCUT2D eigenvalue weighted by atomic mass is 79.9. The molecule has 0 aliphatic rings. The molecule has 0 radical (unpaired) electrons. The highest BCUT2D eigenvalue weighted by molar-refractivity contribution is 9.10. The molecule has 88 valence electrons. The lowest BCUT2D eigenvalue weighted by Gasteiger charge is -2.22. The van der Waals surface area contributed by atoms with Crippen LogP contribution in [0.1, 0.15) is 5.56 Å². The molecule has 0 spiro atoms. The van der Waals surface area contributed by atoms with E-state index < -0.39 is 5.97 Å². The lowest BCUT2D eigenvalue weighted by atomic mass is 10.1. The van der Waals surface area contributed by atoms with Crippen molar-refractivity contribution < 1.29 is 9.90 Å². The lowest BCUT2D eigenvalue weighted by molar-refractivity contribution is -0.135. The number of nitriles is 1. The van der Waals surface area contributed by atoms with Crippen molar-refractivity contribution in [2.24, 2.45) is 0 Å². The molecule has 0 atom stereocenters. The van der Waals surface area contributed by atoms with E-state index in [2.05, 4.69) is 22.5 Å². The third-order valence-electron chi connectivity index (χ3n) is 2.10. The molecule has 0 saturated carbocycles. The SMILES string of the molecule is C=CCN(CC(=O)O)c1ccc(Br)cc1C#N. The zero-order chi connectivity index (χ0) is 12.8. The number of carboxylic acid groups (broad SMARTS) is 1. The molecular formula is C12H11BrN2O2. The van der Waals surface area contributed by atoms with Crippen molar-refractivity contribution in [3.63, 3.8) is 0 Å². The monoisotopic (exact) mass is 294 g/mol. The van der Waals surface area contributed by atoms with Gasteiger partial charge in [-0.2, -0.15) is 5.26 Å². The van der Waals surface area contributed by atoms with E-state index in [-0.39, 0.29) is 6.54 Å². The van der Waals surface area contributed by atoms with Gasteiger partial charge in [0.2, 0.25) is 0 Å².